The van der Waals surface area contributed by atoms with Gasteiger partial charge in [-0.3, -0.25) is 4.68 Å². The number of rotatable bonds is 3. The van der Waals surface area contributed by atoms with Crippen molar-refractivity contribution in [1.29, 1.82) is 0 Å². The van der Waals surface area contributed by atoms with Crippen LogP contribution in [0, 0.1) is 5.92 Å². The molecule has 1 fully saturated rings. The molecule has 1 N–H and O–H groups in total. The second kappa shape index (κ2) is 6.80. The predicted octanol–water partition coefficient (Wildman–Crippen LogP) is 3.05. The summed E-state index contributed by atoms with van der Waals surface area (Å²) < 4.78 is 37.6. The van der Waals surface area contributed by atoms with Crippen LogP contribution in [-0.2, 0) is 6.54 Å². The lowest BCUT2D eigenvalue weighted by Gasteiger charge is -2.34. The van der Waals surface area contributed by atoms with Crippen molar-refractivity contribution in [2.45, 2.75) is 31.8 Å². The van der Waals surface area contributed by atoms with Gasteiger partial charge in [0.25, 0.3) is 0 Å². The Balaban J connectivity index is 1.91. The number of aromatic nitrogens is 2. The number of hydrogen-bond acceptors (Lipinski definition) is 3. The molecular formula is C13H19F3N4OS. The van der Waals surface area contributed by atoms with E-state index in [4.69, 9.17) is 0 Å². The molecule has 1 saturated heterocycles. The fourth-order valence-electron chi connectivity index (χ4n) is 2.16. The summed E-state index contributed by atoms with van der Waals surface area (Å²) in [6.45, 7) is 4.33. The van der Waals surface area contributed by atoms with Crippen LogP contribution in [0.2, 0.25) is 0 Å². The maximum absolute atomic E-state index is 12.3. The topological polar surface area (TPSA) is 50.2 Å². The number of nitrogens with one attached hydrogen (secondary N) is 1. The number of urea groups is 1. The average Bonchev–Trinajstić information content (AvgIpc) is 2.83. The van der Waals surface area contributed by atoms with Crippen LogP contribution in [0.15, 0.2) is 12.4 Å². The van der Waals surface area contributed by atoms with Gasteiger partial charge in [-0.1, -0.05) is 13.8 Å². The molecule has 9 heteroatoms. The Morgan fingerprint density at radius 3 is 2.91 bits per heavy atom. The Hall–Kier alpha value is -1.38. The van der Waals surface area contributed by atoms with Gasteiger partial charge in [-0.25, -0.2) is 4.79 Å². The first-order valence-electron chi connectivity index (χ1n) is 7.01. The van der Waals surface area contributed by atoms with E-state index in [0.717, 1.165) is 10.4 Å². The fourth-order valence-corrected chi connectivity index (χ4v) is 3.46. The molecular weight excluding hydrogens is 317 g/mol. The number of alkyl halides is 3. The summed E-state index contributed by atoms with van der Waals surface area (Å²) in [5, 5.41) is 6.59. The third-order valence-electron chi connectivity index (χ3n) is 3.35. The summed E-state index contributed by atoms with van der Waals surface area (Å²) in [7, 11) is 0. The largest absolute Gasteiger partial charge is 0.408 e. The first-order valence-corrected chi connectivity index (χ1v) is 8.06. The minimum atomic E-state index is -4.33. The highest BCUT2D eigenvalue weighted by Gasteiger charge is 2.29. The third kappa shape index (κ3) is 4.82. The van der Waals surface area contributed by atoms with E-state index in [1.54, 1.807) is 4.90 Å². The Morgan fingerprint density at radius 2 is 2.27 bits per heavy atom. The quantitative estimate of drug-likeness (QED) is 0.923. The van der Waals surface area contributed by atoms with Gasteiger partial charge in [-0.15, -0.1) is 0 Å². The summed E-state index contributed by atoms with van der Waals surface area (Å²) in [6.07, 6.45) is -1.92. The summed E-state index contributed by atoms with van der Waals surface area (Å²) in [6, 6.07) is -0.294. The maximum Gasteiger partial charge on any atom is 0.408 e. The lowest BCUT2D eigenvalue weighted by molar-refractivity contribution is -0.142. The number of anilines is 1. The normalized spacial score (nSPS) is 19.5. The van der Waals surface area contributed by atoms with Gasteiger partial charge in [0, 0.05) is 30.3 Å². The van der Waals surface area contributed by atoms with Crippen molar-refractivity contribution in [1.82, 2.24) is 14.7 Å². The molecule has 2 amide bonds. The van der Waals surface area contributed by atoms with Gasteiger partial charge in [-0.2, -0.15) is 30.0 Å². The third-order valence-corrected chi connectivity index (χ3v) is 4.89. The molecule has 0 spiro atoms. The number of amides is 2. The Bertz CT molecular complexity index is 518. The molecule has 0 bridgehead atoms. The number of thioether (sulfide) groups is 1. The minimum absolute atomic E-state index is 0.272. The van der Waals surface area contributed by atoms with Gasteiger partial charge in [-0.05, 0) is 5.92 Å². The molecule has 1 aliphatic heterocycles. The zero-order chi connectivity index (χ0) is 16.3. The predicted molar refractivity (Wildman–Crippen MR) is 80.0 cm³/mol. The zero-order valence-electron chi connectivity index (χ0n) is 12.4. The number of carbonyl (C=O) groups excluding carboxylic acids is 1. The second-order valence-electron chi connectivity index (χ2n) is 5.57. The number of halogens is 3. The molecule has 124 valence electrons. The molecule has 0 saturated carbocycles. The lowest BCUT2D eigenvalue weighted by atomic mass is 10.1. The van der Waals surface area contributed by atoms with E-state index >= 15 is 0 Å². The van der Waals surface area contributed by atoms with E-state index < -0.39 is 12.7 Å². The SMILES string of the molecule is CC(C)[C@H]1CN(C(=O)Nc2cnn(CC(F)(F)F)c2)CCS1. The molecule has 1 aromatic heterocycles. The first-order chi connectivity index (χ1) is 10.2. The molecule has 1 aliphatic rings. The van der Waals surface area contributed by atoms with Gasteiger partial charge in [0.2, 0.25) is 0 Å². The van der Waals surface area contributed by atoms with E-state index in [0.29, 0.717) is 24.3 Å². The van der Waals surface area contributed by atoms with Crippen molar-refractivity contribution in [2.75, 3.05) is 24.2 Å². The molecule has 22 heavy (non-hydrogen) atoms. The molecule has 5 nitrogen and oxygen atoms in total. The van der Waals surface area contributed by atoms with Crippen LogP contribution in [0.5, 0.6) is 0 Å². The number of nitrogens with zero attached hydrogens (tertiary/aromatic N) is 3. The second-order valence-corrected chi connectivity index (χ2v) is 6.92. The van der Waals surface area contributed by atoms with E-state index in [1.807, 2.05) is 11.8 Å². The van der Waals surface area contributed by atoms with Gasteiger partial charge in [0.05, 0.1) is 11.9 Å². The van der Waals surface area contributed by atoms with Crippen molar-refractivity contribution in [3.8, 4) is 0 Å². The average molecular weight is 336 g/mol. The standard InChI is InChI=1S/C13H19F3N4OS/c1-9(2)11-7-19(3-4-22-11)12(21)18-10-5-17-20(6-10)8-13(14,15)16/h5-6,9,11H,3-4,7-8H2,1-2H3,(H,18,21)/t11-/m1/s1. The first kappa shape index (κ1) is 17.0. The van der Waals surface area contributed by atoms with E-state index in [-0.39, 0.29) is 11.7 Å². The van der Waals surface area contributed by atoms with Crippen LogP contribution in [0.1, 0.15) is 13.8 Å². The molecule has 0 aliphatic carbocycles. The van der Waals surface area contributed by atoms with Crippen LogP contribution < -0.4 is 5.32 Å². The van der Waals surface area contributed by atoms with Crippen LogP contribution in [-0.4, -0.2) is 51.0 Å². The van der Waals surface area contributed by atoms with Gasteiger partial charge in [0.15, 0.2) is 0 Å². The zero-order valence-corrected chi connectivity index (χ0v) is 13.2. The summed E-state index contributed by atoms with van der Waals surface area (Å²) in [4.78, 5) is 13.9. The summed E-state index contributed by atoms with van der Waals surface area (Å²) in [5.74, 6) is 1.33. The maximum atomic E-state index is 12.3. The smallest absolute Gasteiger partial charge is 0.323 e. The molecule has 1 aromatic rings. The minimum Gasteiger partial charge on any atom is -0.323 e. The van der Waals surface area contributed by atoms with Crippen molar-refractivity contribution in [2.24, 2.45) is 5.92 Å². The molecule has 0 radical (unpaired) electrons. The lowest BCUT2D eigenvalue weighted by Crippen LogP contribution is -2.45. The highest BCUT2D eigenvalue weighted by atomic mass is 32.2. The summed E-state index contributed by atoms with van der Waals surface area (Å²) >= 11 is 1.85. The molecule has 2 rings (SSSR count). The van der Waals surface area contributed by atoms with Crippen molar-refractivity contribution < 1.29 is 18.0 Å². The van der Waals surface area contributed by atoms with Crippen LogP contribution >= 0.6 is 11.8 Å². The van der Waals surface area contributed by atoms with Crippen LogP contribution in [0.3, 0.4) is 0 Å². The van der Waals surface area contributed by atoms with Crippen molar-refractivity contribution in [3.63, 3.8) is 0 Å². The number of hydrogen-bond donors (Lipinski definition) is 1. The Kier molecular flexibility index (Phi) is 5.25. The number of carbonyl (C=O) groups is 1. The van der Waals surface area contributed by atoms with Crippen LogP contribution in [0.4, 0.5) is 23.7 Å². The van der Waals surface area contributed by atoms with Gasteiger partial charge < -0.3 is 10.2 Å². The van der Waals surface area contributed by atoms with E-state index in [2.05, 4.69) is 24.3 Å². The highest BCUT2D eigenvalue weighted by molar-refractivity contribution is 8.00. The van der Waals surface area contributed by atoms with Crippen molar-refractivity contribution in [3.05, 3.63) is 12.4 Å². The molecule has 2 heterocycles. The van der Waals surface area contributed by atoms with E-state index in [1.165, 1.54) is 12.4 Å². The fraction of sp³-hybridized carbons (Fsp3) is 0.692. The molecule has 1 atom stereocenters. The van der Waals surface area contributed by atoms with Crippen molar-refractivity contribution >= 4 is 23.5 Å². The highest BCUT2D eigenvalue weighted by Crippen LogP contribution is 2.25. The van der Waals surface area contributed by atoms with Gasteiger partial charge in [0.1, 0.15) is 6.54 Å². The monoisotopic (exact) mass is 336 g/mol. The van der Waals surface area contributed by atoms with Gasteiger partial charge >= 0.3 is 12.2 Å². The Morgan fingerprint density at radius 1 is 1.55 bits per heavy atom. The summed E-state index contributed by atoms with van der Waals surface area (Å²) in [5.41, 5.74) is 0.272. The molecule has 0 unspecified atom stereocenters. The van der Waals surface area contributed by atoms with E-state index in [9.17, 15) is 18.0 Å². The van der Waals surface area contributed by atoms with Crippen LogP contribution in [0.25, 0.3) is 0 Å². The Labute approximate surface area is 131 Å². The molecule has 0 aromatic carbocycles.